The smallest absolute Gasteiger partial charge is 0.273 e. The number of hydrogen-bond donors (Lipinski definition) is 2. The predicted octanol–water partition coefficient (Wildman–Crippen LogP) is 2.10. The van der Waals surface area contributed by atoms with Crippen molar-refractivity contribution in [3.8, 4) is 5.75 Å². The summed E-state index contributed by atoms with van der Waals surface area (Å²) in [5, 5.41) is 7.50. The number of thiophene rings is 1. The van der Waals surface area contributed by atoms with Crippen molar-refractivity contribution in [3.63, 3.8) is 0 Å². The highest BCUT2D eigenvalue weighted by atomic mass is 35.5. The summed E-state index contributed by atoms with van der Waals surface area (Å²) in [4.78, 5) is 11.7. The van der Waals surface area contributed by atoms with E-state index in [-0.39, 0.29) is 35.2 Å². The first kappa shape index (κ1) is 23.2. The van der Waals surface area contributed by atoms with Gasteiger partial charge in [0.25, 0.3) is 15.9 Å². The molecule has 0 spiro atoms. The lowest BCUT2D eigenvalue weighted by Crippen LogP contribution is -2.39. The number of halogens is 1. The number of hydrogen-bond acceptors (Lipinski definition) is 6. The van der Waals surface area contributed by atoms with E-state index in [1.165, 1.54) is 22.7 Å². The van der Waals surface area contributed by atoms with Crippen molar-refractivity contribution in [2.75, 3.05) is 31.6 Å². The van der Waals surface area contributed by atoms with Gasteiger partial charge in [-0.25, -0.2) is 8.42 Å². The Bertz CT molecular complexity index is 811. The average Bonchev–Trinajstić information content (AvgIpc) is 3.19. The molecule has 2 rings (SSSR count). The number of carbonyl (C=O) groups excluding carboxylic acids is 1. The van der Waals surface area contributed by atoms with Gasteiger partial charge in [-0.1, -0.05) is 6.07 Å². The van der Waals surface area contributed by atoms with Gasteiger partial charge in [-0.3, -0.25) is 9.10 Å². The number of sulfonamides is 1. The van der Waals surface area contributed by atoms with Gasteiger partial charge in [-0.15, -0.1) is 23.7 Å². The fourth-order valence-electron chi connectivity index (χ4n) is 2.01. The lowest BCUT2D eigenvalue weighted by molar-refractivity contribution is -0.123. The zero-order valence-corrected chi connectivity index (χ0v) is 17.8. The molecule has 1 aromatic heterocycles. The van der Waals surface area contributed by atoms with E-state index < -0.39 is 10.0 Å². The summed E-state index contributed by atoms with van der Waals surface area (Å²) in [5.74, 6) is 0.279. The third-order valence-corrected chi connectivity index (χ3v) is 6.94. The summed E-state index contributed by atoms with van der Waals surface area (Å²) in [7, 11) is -0.239. The Morgan fingerprint density at radius 1 is 1.26 bits per heavy atom. The Hall–Kier alpha value is -1.81. The minimum absolute atomic E-state index is 0. The fourth-order valence-corrected chi connectivity index (χ4v) is 4.36. The molecule has 0 bridgehead atoms. The molecule has 1 unspecified atom stereocenters. The molecule has 1 heterocycles. The van der Waals surface area contributed by atoms with E-state index in [1.807, 2.05) is 14.0 Å². The van der Waals surface area contributed by atoms with Crippen LogP contribution in [0, 0.1) is 0 Å². The Morgan fingerprint density at radius 2 is 1.93 bits per heavy atom. The first-order chi connectivity index (χ1) is 12.3. The number of benzene rings is 1. The monoisotopic (exact) mass is 433 g/mol. The minimum Gasteiger partial charge on any atom is -0.484 e. The maximum atomic E-state index is 12.5. The molecule has 0 aliphatic heterocycles. The van der Waals surface area contributed by atoms with Gasteiger partial charge in [-0.2, -0.15) is 0 Å². The third-order valence-electron chi connectivity index (χ3n) is 3.78. The van der Waals surface area contributed by atoms with Gasteiger partial charge in [0, 0.05) is 19.6 Å². The van der Waals surface area contributed by atoms with Crippen molar-refractivity contribution in [1.82, 2.24) is 10.6 Å². The number of amides is 1. The van der Waals surface area contributed by atoms with Crippen LogP contribution < -0.4 is 19.7 Å². The number of rotatable bonds is 9. The Morgan fingerprint density at radius 3 is 2.48 bits per heavy atom. The summed E-state index contributed by atoms with van der Waals surface area (Å²) in [6, 6.07) is 10.0. The maximum Gasteiger partial charge on any atom is 0.273 e. The molecule has 0 saturated carbocycles. The number of ether oxygens (including phenoxy) is 1. The van der Waals surface area contributed by atoms with Crippen molar-refractivity contribution in [1.29, 1.82) is 0 Å². The van der Waals surface area contributed by atoms with E-state index in [2.05, 4.69) is 10.6 Å². The summed E-state index contributed by atoms with van der Waals surface area (Å²) in [6.45, 7) is 2.38. The van der Waals surface area contributed by atoms with Crippen LogP contribution in [0.4, 0.5) is 5.69 Å². The van der Waals surface area contributed by atoms with Crippen molar-refractivity contribution >= 4 is 45.4 Å². The summed E-state index contributed by atoms with van der Waals surface area (Å²) >= 11 is 1.17. The van der Waals surface area contributed by atoms with Crippen LogP contribution in [0.25, 0.3) is 0 Å². The molecular formula is C17H24ClN3O4S2. The molecule has 10 heteroatoms. The van der Waals surface area contributed by atoms with Crippen molar-refractivity contribution < 1.29 is 17.9 Å². The van der Waals surface area contributed by atoms with Crippen LogP contribution in [0.5, 0.6) is 5.75 Å². The van der Waals surface area contributed by atoms with E-state index in [1.54, 1.807) is 41.8 Å². The quantitative estimate of drug-likeness (QED) is 0.632. The Labute approximate surface area is 170 Å². The Balaban J connectivity index is 0.00000364. The number of nitrogens with zero attached hydrogens (tertiary/aromatic N) is 1. The van der Waals surface area contributed by atoms with Gasteiger partial charge in [0.1, 0.15) is 9.96 Å². The van der Waals surface area contributed by atoms with Crippen molar-refractivity contribution in [3.05, 3.63) is 41.8 Å². The van der Waals surface area contributed by atoms with Gasteiger partial charge >= 0.3 is 0 Å². The lowest BCUT2D eigenvalue weighted by Gasteiger charge is -2.18. The van der Waals surface area contributed by atoms with E-state index in [9.17, 15) is 13.2 Å². The van der Waals surface area contributed by atoms with Gasteiger partial charge < -0.3 is 15.4 Å². The van der Waals surface area contributed by atoms with Crippen LogP contribution in [0.3, 0.4) is 0 Å². The molecule has 27 heavy (non-hydrogen) atoms. The molecule has 0 aliphatic rings. The second-order valence-electron chi connectivity index (χ2n) is 5.68. The van der Waals surface area contributed by atoms with Crippen LogP contribution in [0.1, 0.15) is 6.92 Å². The van der Waals surface area contributed by atoms with Crippen molar-refractivity contribution in [2.45, 2.75) is 17.2 Å². The number of anilines is 1. The van der Waals surface area contributed by atoms with E-state index in [0.717, 1.165) is 0 Å². The van der Waals surface area contributed by atoms with Gasteiger partial charge in [0.2, 0.25) is 0 Å². The first-order valence-corrected chi connectivity index (χ1v) is 10.4. The van der Waals surface area contributed by atoms with E-state index in [0.29, 0.717) is 18.0 Å². The highest BCUT2D eigenvalue weighted by Crippen LogP contribution is 2.26. The highest BCUT2D eigenvalue weighted by Gasteiger charge is 2.22. The standard InChI is InChI=1S/C17H23N3O4S2.ClH/c1-13(18-2)11-19-16(21)12-24-15-8-6-14(7-9-15)20(3)26(22,23)17-5-4-10-25-17;/h4-10,13,18H,11-12H2,1-3H3,(H,19,21);1H. The van der Waals surface area contributed by atoms with Gasteiger partial charge in [0.15, 0.2) is 6.61 Å². The third kappa shape index (κ3) is 6.39. The summed E-state index contributed by atoms with van der Waals surface area (Å²) in [6.07, 6.45) is 0. The number of likely N-dealkylation sites (N-methyl/N-ethyl adjacent to an activating group) is 1. The summed E-state index contributed by atoms with van der Waals surface area (Å²) < 4.78 is 31.9. The van der Waals surface area contributed by atoms with Crippen molar-refractivity contribution in [2.24, 2.45) is 0 Å². The van der Waals surface area contributed by atoms with Gasteiger partial charge in [-0.05, 0) is 49.7 Å². The molecule has 2 aromatic rings. The SMILES string of the molecule is CNC(C)CNC(=O)COc1ccc(N(C)S(=O)(=O)c2cccs2)cc1.Cl. The van der Waals surface area contributed by atoms with Crippen LogP contribution in [-0.4, -0.2) is 47.6 Å². The van der Waals surface area contributed by atoms with Crippen LogP contribution in [-0.2, 0) is 14.8 Å². The fraction of sp³-hybridized carbons (Fsp3) is 0.353. The molecule has 150 valence electrons. The maximum absolute atomic E-state index is 12.5. The van der Waals surface area contributed by atoms with E-state index in [4.69, 9.17) is 4.74 Å². The normalized spacial score (nSPS) is 12.0. The number of nitrogens with one attached hydrogen (secondary N) is 2. The first-order valence-electron chi connectivity index (χ1n) is 8.04. The minimum atomic E-state index is -3.56. The molecule has 2 N–H and O–H groups in total. The molecule has 0 aliphatic carbocycles. The molecule has 0 radical (unpaired) electrons. The summed E-state index contributed by atoms with van der Waals surface area (Å²) in [5.41, 5.74) is 0.512. The largest absolute Gasteiger partial charge is 0.484 e. The zero-order valence-electron chi connectivity index (χ0n) is 15.3. The average molecular weight is 434 g/mol. The molecule has 1 amide bonds. The van der Waals surface area contributed by atoms with E-state index >= 15 is 0 Å². The second-order valence-corrected chi connectivity index (χ2v) is 8.82. The van der Waals surface area contributed by atoms with Crippen LogP contribution in [0.2, 0.25) is 0 Å². The molecule has 0 saturated heterocycles. The van der Waals surface area contributed by atoms with Crippen LogP contribution in [0.15, 0.2) is 46.0 Å². The Kier molecular flexibility index (Phi) is 9.04. The van der Waals surface area contributed by atoms with Gasteiger partial charge in [0.05, 0.1) is 5.69 Å². The lowest BCUT2D eigenvalue weighted by atomic mass is 10.3. The van der Waals surface area contributed by atoms with Crippen LogP contribution >= 0.6 is 23.7 Å². The highest BCUT2D eigenvalue weighted by molar-refractivity contribution is 7.94. The molecule has 7 nitrogen and oxygen atoms in total. The molecular weight excluding hydrogens is 410 g/mol. The topological polar surface area (TPSA) is 87.7 Å². The number of carbonyl (C=O) groups is 1. The molecule has 0 fully saturated rings. The predicted molar refractivity (Wildman–Crippen MR) is 111 cm³/mol. The molecule has 1 atom stereocenters. The zero-order chi connectivity index (χ0) is 19.2. The molecule has 1 aromatic carbocycles. The second kappa shape index (κ2) is 10.5.